The summed E-state index contributed by atoms with van der Waals surface area (Å²) in [4.78, 5) is 11.8. The van der Waals surface area contributed by atoms with E-state index in [9.17, 15) is 13.2 Å². The van der Waals surface area contributed by atoms with E-state index < -0.39 is 10.0 Å². The van der Waals surface area contributed by atoms with E-state index in [4.69, 9.17) is 0 Å². The minimum Gasteiger partial charge on any atom is -0.354 e. The largest absolute Gasteiger partial charge is 0.354 e. The lowest BCUT2D eigenvalue weighted by atomic mass is 9.87. The summed E-state index contributed by atoms with van der Waals surface area (Å²) in [5.41, 5.74) is 1.72. The van der Waals surface area contributed by atoms with Crippen LogP contribution in [0.15, 0.2) is 24.3 Å². The molecule has 0 heterocycles. The lowest BCUT2D eigenvalue weighted by Gasteiger charge is -2.24. The smallest absolute Gasteiger partial charge is 0.232 e. The molecular weight excluding hydrogens is 312 g/mol. The summed E-state index contributed by atoms with van der Waals surface area (Å²) < 4.78 is 25.4. The first-order valence-electron chi connectivity index (χ1n) is 7.79. The van der Waals surface area contributed by atoms with Crippen molar-refractivity contribution in [3.05, 3.63) is 29.8 Å². The molecule has 0 aromatic heterocycles. The van der Waals surface area contributed by atoms with Crippen molar-refractivity contribution in [2.75, 3.05) is 17.1 Å². The average Bonchev–Trinajstić information content (AvgIpc) is 2.35. The summed E-state index contributed by atoms with van der Waals surface area (Å²) in [6.07, 6.45) is 1.29. The van der Waals surface area contributed by atoms with Crippen LogP contribution in [0.5, 0.6) is 0 Å². The van der Waals surface area contributed by atoms with Crippen LogP contribution in [0.1, 0.15) is 46.6 Å². The molecule has 0 spiro atoms. The molecule has 0 atom stereocenters. The predicted octanol–water partition coefficient (Wildman–Crippen LogP) is 2.66. The molecule has 23 heavy (non-hydrogen) atoms. The average molecular weight is 340 g/mol. The van der Waals surface area contributed by atoms with Crippen molar-refractivity contribution in [1.82, 2.24) is 5.32 Å². The van der Waals surface area contributed by atoms with Crippen LogP contribution < -0.4 is 9.62 Å². The van der Waals surface area contributed by atoms with Crippen molar-refractivity contribution in [2.45, 2.75) is 52.5 Å². The molecule has 0 bridgehead atoms. The topological polar surface area (TPSA) is 66.5 Å². The number of carbonyl (C=O) groups excluding carboxylic acids is 1. The van der Waals surface area contributed by atoms with E-state index >= 15 is 0 Å². The fourth-order valence-corrected chi connectivity index (χ4v) is 3.14. The van der Waals surface area contributed by atoms with Crippen molar-refractivity contribution in [3.8, 4) is 0 Å². The molecule has 0 unspecified atom stereocenters. The van der Waals surface area contributed by atoms with Crippen molar-refractivity contribution < 1.29 is 13.2 Å². The Morgan fingerprint density at radius 2 is 1.70 bits per heavy atom. The third-order valence-corrected chi connectivity index (χ3v) is 4.61. The highest BCUT2D eigenvalue weighted by atomic mass is 32.2. The van der Waals surface area contributed by atoms with Crippen LogP contribution >= 0.6 is 0 Å². The fraction of sp³-hybridized carbons (Fsp3) is 0.588. The minimum atomic E-state index is -3.44. The number of nitrogens with zero attached hydrogens (tertiary/aromatic N) is 1. The Bertz CT molecular complexity index is 629. The van der Waals surface area contributed by atoms with Gasteiger partial charge < -0.3 is 5.32 Å². The first-order chi connectivity index (χ1) is 10.4. The van der Waals surface area contributed by atoms with Gasteiger partial charge in [-0.15, -0.1) is 0 Å². The summed E-state index contributed by atoms with van der Waals surface area (Å²) in [7, 11) is -3.44. The van der Waals surface area contributed by atoms with E-state index in [-0.39, 0.29) is 30.3 Å². The van der Waals surface area contributed by atoms with Gasteiger partial charge in [-0.05, 0) is 37.0 Å². The van der Waals surface area contributed by atoms with Gasteiger partial charge >= 0.3 is 0 Å². The Morgan fingerprint density at radius 1 is 1.17 bits per heavy atom. The van der Waals surface area contributed by atoms with Gasteiger partial charge in [0.2, 0.25) is 15.9 Å². The van der Waals surface area contributed by atoms with Gasteiger partial charge in [-0.3, -0.25) is 9.10 Å². The molecule has 0 radical (unpaired) electrons. The number of hydrogen-bond acceptors (Lipinski definition) is 3. The van der Waals surface area contributed by atoms with Gasteiger partial charge in [0.15, 0.2) is 0 Å². The molecule has 1 aromatic rings. The van der Waals surface area contributed by atoms with Crippen LogP contribution in [-0.2, 0) is 20.2 Å². The number of amides is 1. The zero-order valence-corrected chi connectivity index (χ0v) is 15.7. The first-order valence-corrected chi connectivity index (χ1v) is 9.63. The highest BCUT2D eigenvalue weighted by Gasteiger charge is 2.20. The number of rotatable bonds is 6. The van der Waals surface area contributed by atoms with E-state index in [1.165, 1.54) is 4.31 Å². The molecule has 0 aliphatic rings. The molecule has 0 aliphatic heterocycles. The van der Waals surface area contributed by atoms with Crippen LogP contribution in [0.2, 0.25) is 0 Å². The van der Waals surface area contributed by atoms with Crippen molar-refractivity contribution in [3.63, 3.8) is 0 Å². The van der Waals surface area contributed by atoms with Crippen LogP contribution in [0, 0.1) is 0 Å². The number of nitrogens with one attached hydrogen (secondary N) is 1. The van der Waals surface area contributed by atoms with Crippen LogP contribution in [0.25, 0.3) is 0 Å². The summed E-state index contributed by atoms with van der Waals surface area (Å²) in [5, 5.41) is 2.77. The Hall–Kier alpha value is -1.56. The maximum Gasteiger partial charge on any atom is 0.232 e. The number of hydrogen-bond donors (Lipinski definition) is 1. The van der Waals surface area contributed by atoms with Gasteiger partial charge in [-0.1, -0.05) is 32.9 Å². The number of anilines is 1. The van der Waals surface area contributed by atoms with Crippen molar-refractivity contribution in [1.29, 1.82) is 0 Å². The van der Waals surface area contributed by atoms with Crippen LogP contribution in [0.4, 0.5) is 5.69 Å². The third-order valence-electron chi connectivity index (χ3n) is 3.41. The number of carbonyl (C=O) groups is 1. The Balaban J connectivity index is 2.94. The van der Waals surface area contributed by atoms with Crippen LogP contribution in [-0.4, -0.2) is 33.2 Å². The van der Waals surface area contributed by atoms with E-state index in [1.807, 2.05) is 26.0 Å². The molecule has 0 fully saturated rings. The van der Waals surface area contributed by atoms with Crippen LogP contribution in [0.3, 0.4) is 0 Å². The Morgan fingerprint density at radius 3 is 2.09 bits per heavy atom. The van der Waals surface area contributed by atoms with Gasteiger partial charge in [0.25, 0.3) is 0 Å². The summed E-state index contributed by atoms with van der Waals surface area (Å²) in [6, 6.07) is 7.49. The second-order valence-corrected chi connectivity index (χ2v) is 9.01. The second kappa shape index (κ2) is 7.34. The molecule has 5 nitrogen and oxygen atoms in total. The normalized spacial score (nSPS) is 12.3. The monoisotopic (exact) mass is 340 g/mol. The molecule has 1 N–H and O–H groups in total. The summed E-state index contributed by atoms with van der Waals surface area (Å²) in [5.74, 6) is -0.153. The minimum absolute atomic E-state index is 0.00556. The van der Waals surface area contributed by atoms with Gasteiger partial charge in [-0.2, -0.15) is 0 Å². The Labute approximate surface area is 140 Å². The van der Waals surface area contributed by atoms with E-state index in [2.05, 4.69) is 26.1 Å². The maximum atomic E-state index is 12.0. The molecule has 1 rings (SSSR count). The number of sulfonamides is 1. The molecule has 0 aliphatic carbocycles. The number of benzene rings is 1. The summed E-state index contributed by atoms with van der Waals surface area (Å²) in [6.45, 7) is 10.2. The predicted molar refractivity (Wildman–Crippen MR) is 95.2 cm³/mol. The first kappa shape index (κ1) is 19.5. The third kappa shape index (κ3) is 6.22. The van der Waals surface area contributed by atoms with Crippen molar-refractivity contribution >= 4 is 21.6 Å². The molecular formula is C17H28N2O3S. The van der Waals surface area contributed by atoms with E-state index in [0.29, 0.717) is 5.69 Å². The van der Waals surface area contributed by atoms with E-state index in [0.717, 1.165) is 11.8 Å². The maximum absolute atomic E-state index is 12.0. The SMILES string of the molecule is CC(C)NC(=O)CCN(c1ccc(C(C)(C)C)cc1)S(C)(=O)=O. The summed E-state index contributed by atoms with van der Waals surface area (Å²) >= 11 is 0. The van der Waals surface area contributed by atoms with Gasteiger partial charge in [0.1, 0.15) is 0 Å². The van der Waals surface area contributed by atoms with Gasteiger partial charge in [0, 0.05) is 19.0 Å². The molecule has 130 valence electrons. The van der Waals surface area contributed by atoms with Gasteiger partial charge in [0.05, 0.1) is 11.9 Å². The molecule has 6 heteroatoms. The quantitative estimate of drug-likeness (QED) is 0.866. The van der Waals surface area contributed by atoms with E-state index in [1.54, 1.807) is 12.1 Å². The second-order valence-electron chi connectivity index (χ2n) is 7.10. The lowest BCUT2D eigenvalue weighted by molar-refractivity contribution is -0.121. The fourth-order valence-electron chi connectivity index (χ4n) is 2.21. The van der Waals surface area contributed by atoms with Crippen molar-refractivity contribution in [2.24, 2.45) is 0 Å². The zero-order valence-electron chi connectivity index (χ0n) is 14.9. The van der Waals surface area contributed by atoms with Gasteiger partial charge in [-0.25, -0.2) is 8.42 Å². The molecule has 0 saturated carbocycles. The highest BCUT2D eigenvalue weighted by Crippen LogP contribution is 2.26. The standard InChI is InChI=1S/C17H28N2O3S/c1-13(2)18-16(20)11-12-19(23(6,21)22)15-9-7-14(8-10-15)17(3,4)5/h7-10,13H,11-12H2,1-6H3,(H,18,20). The molecule has 1 aromatic carbocycles. The lowest BCUT2D eigenvalue weighted by Crippen LogP contribution is -2.36. The molecule has 0 saturated heterocycles. The highest BCUT2D eigenvalue weighted by molar-refractivity contribution is 7.92. The Kier molecular flexibility index (Phi) is 6.22. The molecule has 1 amide bonds. The zero-order chi connectivity index (χ0) is 17.8.